The van der Waals surface area contributed by atoms with Gasteiger partial charge in [0, 0.05) is 23.6 Å². The maximum absolute atomic E-state index is 12.6. The zero-order valence-electron chi connectivity index (χ0n) is 14.5. The van der Waals surface area contributed by atoms with Crippen LogP contribution in [0.1, 0.15) is 12.0 Å². The molecule has 2 aromatic carbocycles. The van der Waals surface area contributed by atoms with Gasteiger partial charge >= 0.3 is 0 Å². The Balaban J connectivity index is 1.67. The fraction of sp³-hybridized carbons (Fsp3) is 0.263. The second-order valence-corrected chi connectivity index (χ2v) is 6.92. The second-order valence-electron chi connectivity index (χ2n) is 6.00. The van der Waals surface area contributed by atoms with Gasteiger partial charge in [0.25, 0.3) is 5.91 Å². The fourth-order valence-electron chi connectivity index (χ4n) is 2.76. The van der Waals surface area contributed by atoms with Gasteiger partial charge in [-0.25, -0.2) is 0 Å². The first kappa shape index (κ1) is 18.3. The van der Waals surface area contributed by atoms with E-state index >= 15 is 0 Å². The molecule has 0 aliphatic carbocycles. The van der Waals surface area contributed by atoms with E-state index in [1.54, 1.807) is 31.2 Å². The summed E-state index contributed by atoms with van der Waals surface area (Å²) in [6.07, 6.45) is -0.878. The minimum absolute atomic E-state index is 0.0347. The van der Waals surface area contributed by atoms with Gasteiger partial charge in [0.2, 0.25) is 5.91 Å². The Morgan fingerprint density at radius 2 is 2.08 bits per heavy atom. The average Bonchev–Trinajstić information content (AvgIpc) is 2.62. The molecule has 136 valence electrons. The number of ether oxygens (including phenoxy) is 2. The van der Waals surface area contributed by atoms with Crippen molar-refractivity contribution in [1.29, 1.82) is 0 Å². The summed E-state index contributed by atoms with van der Waals surface area (Å²) in [4.78, 5) is 26.3. The van der Waals surface area contributed by atoms with E-state index in [2.05, 4.69) is 21.2 Å². The van der Waals surface area contributed by atoms with Crippen LogP contribution in [0.5, 0.6) is 11.5 Å². The van der Waals surface area contributed by atoms with Crippen molar-refractivity contribution < 1.29 is 19.1 Å². The zero-order chi connectivity index (χ0) is 18.7. The van der Waals surface area contributed by atoms with Crippen LogP contribution in [0.15, 0.2) is 46.9 Å². The van der Waals surface area contributed by atoms with Crippen LogP contribution in [-0.4, -0.2) is 37.0 Å². The maximum Gasteiger partial charge on any atom is 0.266 e. The number of methoxy groups -OCH3 is 1. The van der Waals surface area contributed by atoms with Gasteiger partial charge in [-0.3, -0.25) is 9.59 Å². The molecule has 1 aliphatic rings. The van der Waals surface area contributed by atoms with Crippen LogP contribution in [0, 0.1) is 0 Å². The molecule has 0 radical (unpaired) electrons. The third-order valence-corrected chi connectivity index (χ3v) is 4.64. The molecule has 3 rings (SSSR count). The SMILES string of the molecule is COc1ccc(Br)cc1CN(C)C(=O)C[C@H]1Oc2ccccc2NC1=O. The highest BCUT2D eigenvalue weighted by Gasteiger charge is 2.30. The summed E-state index contributed by atoms with van der Waals surface area (Å²) in [5.41, 5.74) is 1.49. The number of carbonyl (C=O) groups is 2. The lowest BCUT2D eigenvalue weighted by Gasteiger charge is -2.27. The Labute approximate surface area is 160 Å². The third kappa shape index (κ3) is 3.99. The molecular formula is C19H19BrN2O4. The van der Waals surface area contributed by atoms with Crippen LogP contribution in [0.25, 0.3) is 0 Å². The molecule has 0 fully saturated rings. The molecular weight excluding hydrogens is 400 g/mol. The number of anilines is 1. The standard InChI is InChI=1S/C19H19BrN2O4/c1-22(11-12-9-13(20)7-8-15(12)25-2)18(23)10-17-19(24)21-14-5-3-4-6-16(14)26-17/h3-9,17H,10-11H2,1-2H3,(H,21,24)/t17-/m1/s1. The van der Waals surface area contributed by atoms with Crippen LogP contribution in [0.3, 0.4) is 0 Å². The smallest absolute Gasteiger partial charge is 0.266 e. The van der Waals surface area contributed by atoms with Crippen molar-refractivity contribution in [1.82, 2.24) is 4.90 Å². The van der Waals surface area contributed by atoms with Crippen molar-refractivity contribution in [3.63, 3.8) is 0 Å². The number of hydrogen-bond acceptors (Lipinski definition) is 4. The molecule has 0 unspecified atom stereocenters. The number of rotatable bonds is 5. The van der Waals surface area contributed by atoms with E-state index < -0.39 is 6.10 Å². The lowest BCUT2D eigenvalue weighted by Crippen LogP contribution is -2.41. The van der Waals surface area contributed by atoms with E-state index in [0.717, 1.165) is 10.0 Å². The van der Waals surface area contributed by atoms with Gasteiger partial charge in [0.1, 0.15) is 11.5 Å². The molecule has 6 nitrogen and oxygen atoms in total. The molecule has 1 atom stereocenters. The van der Waals surface area contributed by atoms with Gasteiger partial charge in [-0.15, -0.1) is 0 Å². The molecule has 1 aliphatic heterocycles. The summed E-state index contributed by atoms with van der Waals surface area (Å²) in [7, 11) is 3.28. The highest BCUT2D eigenvalue weighted by Crippen LogP contribution is 2.30. The number of hydrogen-bond donors (Lipinski definition) is 1. The Morgan fingerprint density at radius 1 is 1.31 bits per heavy atom. The molecule has 0 saturated carbocycles. The van der Waals surface area contributed by atoms with Gasteiger partial charge in [0.05, 0.1) is 19.2 Å². The number of nitrogens with zero attached hydrogens (tertiary/aromatic N) is 1. The van der Waals surface area contributed by atoms with E-state index in [9.17, 15) is 9.59 Å². The average molecular weight is 419 g/mol. The van der Waals surface area contributed by atoms with Crippen LogP contribution >= 0.6 is 15.9 Å². The minimum Gasteiger partial charge on any atom is -0.496 e. The predicted molar refractivity (Wildman–Crippen MR) is 101 cm³/mol. The van der Waals surface area contributed by atoms with Crippen molar-refractivity contribution in [2.24, 2.45) is 0 Å². The molecule has 2 aromatic rings. The molecule has 1 N–H and O–H groups in total. The van der Waals surface area contributed by atoms with Crippen LogP contribution in [-0.2, 0) is 16.1 Å². The first-order valence-corrected chi connectivity index (χ1v) is 8.90. The number of halogens is 1. The normalized spacial score (nSPS) is 15.5. The largest absolute Gasteiger partial charge is 0.496 e. The van der Waals surface area contributed by atoms with Gasteiger partial charge in [-0.1, -0.05) is 28.1 Å². The fourth-order valence-corrected chi connectivity index (χ4v) is 3.16. The van der Waals surface area contributed by atoms with Crippen LogP contribution in [0.2, 0.25) is 0 Å². The minimum atomic E-state index is -0.843. The van der Waals surface area contributed by atoms with Gasteiger partial charge in [-0.05, 0) is 30.3 Å². The summed E-state index contributed by atoms with van der Waals surface area (Å²) >= 11 is 3.42. The lowest BCUT2D eigenvalue weighted by molar-refractivity contribution is -0.136. The summed E-state index contributed by atoms with van der Waals surface area (Å²) in [6, 6.07) is 12.8. The number of fused-ring (bicyclic) bond motifs is 1. The van der Waals surface area contributed by atoms with Crippen molar-refractivity contribution in [2.45, 2.75) is 19.1 Å². The van der Waals surface area contributed by atoms with Gasteiger partial charge in [-0.2, -0.15) is 0 Å². The van der Waals surface area contributed by atoms with E-state index in [1.807, 2.05) is 30.3 Å². The number of carbonyl (C=O) groups excluding carboxylic acids is 2. The molecule has 7 heteroatoms. The van der Waals surface area contributed by atoms with Gasteiger partial charge in [0.15, 0.2) is 6.10 Å². The molecule has 26 heavy (non-hydrogen) atoms. The highest BCUT2D eigenvalue weighted by molar-refractivity contribution is 9.10. The summed E-state index contributed by atoms with van der Waals surface area (Å²) < 4.78 is 11.9. The molecule has 0 aromatic heterocycles. The number of benzene rings is 2. The molecule has 0 spiro atoms. The Bertz CT molecular complexity index is 840. The summed E-state index contributed by atoms with van der Waals surface area (Å²) in [5.74, 6) is 0.770. The van der Waals surface area contributed by atoms with Crippen LogP contribution < -0.4 is 14.8 Å². The Morgan fingerprint density at radius 3 is 2.85 bits per heavy atom. The van der Waals surface area contributed by atoms with Crippen molar-refractivity contribution in [3.05, 3.63) is 52.5 Å². The predicted octanol–water partition coefficient (Wildman–Crippen LogP) is 3.21. The van der Waals surface area contributed by atoms with Gasteiger partial charge < -0.3 is 19.7 Å². The number of nitrogens with one attached hydrogen (secondary N) is 1. The van der Waals surface area contributed by atoms with E-state index in [4.69, 9.17) is 9.47 Å². The molecule has 2 amide bonds. The quantitative estimate of drug-likeness (QED) is 0.809. The molecule has 0 bridgehead atoms. The second kappa shape index (κ2) is 7.78. The number of para-hydroxylation sites is 2. The zero-order valence-corrected chi connectivity index (χ0v) is 16.1. The molecule has 0 saturated heterocycles. The molecule has 1 heterocycles. The topological polar surface area (TPSA) is 67.9 Å². The third-order valence-electron chi connectivity index (χ3n) is 4.14. The van der Waals surface area contributed by atoms with E-state index in [-0.39, 0.29) is 18.2 Å². The van der Waals surface area contributed by atoms with Crippen molar-refractivity contribution in [2.75, 3.05) is 19.5 Å². The highest BCUT2D eigenvalue weighted by atomic mass is 79.9. The van der Waals surface area contributed by atoms with E-state index in [0.29, 0.717) is 23.7 Å². The first-order valence-electron chi connectivity index (χ1n) is 8.11. The van der Waals surface area contributed by atoms with Crippen molar-refractivity contribution >= 4 is 33.4 Å². The Kier molecular flexibility index (Phi) is 5.46. The van der Waals surface area contributed by atoms with E-state index in [1.165, 1.54) is 0 Å². The monoisotopic (exact) mass is 418 g/mol. The van der Waals surface area contributed by atoms with Crippen LogP contribution in [0.4, 0.5) is 5.69 Å². The number of amides is 2. The Hall–Kier alpha value is -2.54. The summed E-state index contributed by atoms with van der Waals surface area (Å²) in [5, 5.41) is 2.77. The lowest BCUT2D eigenvalue weighted by atomic mass is 10.1. The van der Waals surface area contributed by atoms with Crippen molar-refractivity contribution in [3.8, 4) is 11.5 Å². The summed E-state index contributed by atoms with van der Waals surface area (Å²) in [6.45, 7) is 0.367. The first-order chi connectivity index (χ1) is 12.5. The maximum atomic E-state index is 12.6.